The smallest absolute Gasteiger partial charge is 0.328 e. The molecule has 0 aromatic heterocycles. The summed E-state index contributed by atoms with van der Waals surface area (Å²) < 4.78 is 6.42. The van der Waals surface area contributed by atoms with Crippen LogP contribution in [0.1, 0.15) is 111 Å². The molecule has 452 valence electrons. The lowest BCUT2D eigenvalue weighted by molar-refractivity contribution is -0.539. The molecule has 81 heavy (non-hydrogen) atoms. The van der Waals surface area contributed by atoms with E-state index in [-0.39, 0.29) is 75.1 Å². The summed E-state index contributed by atoms with van der Waals surface area (Å²) >= 11 is 0. The Labute approximate surface area is 468 Å². The van der Waals surface area contributed by atoms with E-state index in [1.807, 2.05) is 5.32 Å². The van der Waals surface area contributed by atoms with Gasteiger partial charge in [0, 0.05) is 13.1 Å². The van der Waals surface area contributed by atoms with Gasteiger partial charge in [-0.15, -0.1) is 5.06 Å². The number of nitrogens with two attached hydrogens (primary N) is 3. The second-order valence-corrected chi connectivity index (χ2v) is 20.5. The van der Waals surface area contributed by atoms with Gasteiger partial charge in [-0.3, -0.25) is 52.9 Å². The van der Waals surface area contributed by atoms with Crippen LogP contribution in [0.5, 0.6) is 5.75 Å². The summed E-state index contributed by atoms with van der Waals surface area (Å²) in [4.78, 5) is 133. The number of rotatable bonds is 35. The zero-order valence-electron chi connectivity index (χ0n) is 46.3. The molecule has 2 heterocycles. The highest BCUT2D eigenvalue weighted by Crippen LogP contribution is 2.37. The van der Waals surface area contributed by atoms with E-state index in [0.717, 1.165) is 11.5 Å². The fourth-order valence-corrected chi connectivity index (χ4v) is 8.29. The molecule has 1 saturated heterocycles. The number of carboxylic acids is 2. The average molecular weight is 1150 g/mol. The monoisotopic (exact) mass is 1150 g/mol. The second-order valence-electron chi connectivity index (χ2n) is 20.5. The first kappa shape index (κ1) is 67.4. The summed E-state index contributed by atoms with van der Waals surface area (Å²) in [6.45, 7) is 6.79. The summed E-state index contributed by atoms with van der Waals surface area (Å²) in [5, 5.41) is 75.5. The number of hydroxylamine groups is 3. The third-order valence-electron chi connectivity index (χ3n) is 13.8. The van der Waals surface area contributed by atoms with E-state index in [1.54, 1.807) is 27.7 Å². The highest BCUT2D eigenvalue weighted by molar-refractivity contribution is 5.97. The van der Waals surface area contributed by atoms with Crippen LogP contribution in [-0.2, 0) is 47.9 Å². The number of ether oxygens (including phenoxy) is 1. The van der Waals surface area contributed by atoms with Crippen LogP contribution in [-0.4, -0.2) is 201 Å². The van der Waals surface area contributed by atoms with Crippen molar-refractivity contribution in [2.24, 2.45) is 22.2 Å². The van der Waals surface area contributed by atoms with Crippen molar-refractivity contribution in [1.82, 2.24) is 52.9 Å². The molecule has 1 fully saturated rings. The fourth-order valence-electron chi connectivity index (χ4n) is 8.29. The number of guanidine groups is 1. The number of amidine groups is 1. The van der Waals surface area contributed by atoms with Gasteiger partial charge in [0.25, 0.3) is 5.91 Å². The van der Waals surface area contributed by atoms with Gasteiger partial charge in [-0.1, -0.05) is 0 Å². The molecule has 31 heteroatoms. The van der Waals surface area contributed by atoms with Gasteiger partial charge in [-0.05, 0) is 136 Å². The molecule has 1 aromatic rings. The Morgan fingerprint density at radius 3 is 1.89 bits per heavy atom. The number of aliphatic imine (C=N–C) groups is 1. The minimum Gasteiger partial charge on any atom is -0.714 e. The largest absolute Gasteiger partial charge is 0.714 e. The number of nitrogens with zero attached hydrogens (tertiary/aromatic N) is 3. The van der Waals surface area contributed by atoms with Crippen molar-refractivity contribution in [3.63, 3.8) is 0 Å². The number of carboxylic acid groups (broad SMARTS) is 2. The van der Waals surface area contributed by atoms with Gasteiger partial charge < -0.3 is 90.3 Å². The number of aliphatic hydroxyl groups excluding tert-OH is 1. The fraction of sp³-hybridized carbons (Fsp3) is 0.640. The van der Waals surface area contributed by atoms with Gasteiger partial charge in [0.05, 0.1) is 31.2 Å². The van der Waals surface area contributed by atoms with E-state index < -0.39 is 133 Å². The summed E-state index contributed by atoms with van der Waals surface area (Å²) in [5.41, 5.74) is 15.0. The molecular weight excluding hydrogens is 1070 g/mol. The first-order valence-electron chi connectivity index (χ1n) is 26.6. The molecule has 19 N–H and O–H groups in total. The molecule has 0 spiro atoms. The number of aliphatic carboxylic acids is 2. The third kappa shape index (κ3) is 20.9. The summed E-state index contributed by atoms with van der Waals surface area (Å²) in [7, 11) is 0. The van der Waals surface area contributed by atoms with E-state index in [0.29, 0.717) is 42.7 Å². The Kier molecular flexibility index (Phi) is 26.9. The predicted octanol–water partition coefficient (Wildman–Crippen LogP) is -4.60. The molecule has 1 aromatic carbocycles. The maximum absolute atomic E-state index is 14.2. The van der Waals surface area contributed by atoms with Crippen molar-refractivity contribution >= 4 is 71.0 Å². The topological polar surface area (TPSA) is 489 Å². The van der Waals surface area contributed by atoms with Gasteiger partial charge in [-0.25, -0.2) is 10.0 Å². The number of benzene rings is 1. The Bertz CT molecular complexity index is 2430. The van der Waals surface area contributed by atoms with Crippen molar-refractivity contribution in [3.8, 4) is 5.75 Å². The summed E-state index contributed by atoms with van der Waals surface area (Å²) in [6.07, 6.45) is 1.99. The molecule has 3 rings (SSSR count). The molecule has 2 aliphatic rings. The number of carbonyl (C=O) groups is 10. The van der Waals surface area contributed by atoms with Crippen molar-refractivity contribution in [2.75, 3.05) is 45.9 Å². The van der Waals surface area contributed by atoms with E-state index in [4.69, 9.17) is 21.9 Å². The lowest BCUT2D eigenvalue weighted by Gasteiger charge is -2.33. The van der Waals surface area contributed by atoms with Crippen molar-refractivity contribution in [1.29, 1.82) is 0 Å². The maximum Gasteiger partial charge on any atom is 0.328 e. The minimum atomic E-state index is -1.85. The van der Waals surface area contributed by atoms with Crippen LogP contribution in [0, 0.1) is 5.21 Å². The third-order valence-corrected chi connectivity index (χ3v) is 13.8. The lowest BCUT2D eigenvalue weighted by atomic mass is 9.84. The van der Waals surface area contributed by atoms with Gasteiger partial charge in [0.1, 0.15) is 47.5 Å². The first-order chi connectivity index (χ1) is 38.1. The van der Waals surface area contributed by atoms with Crippen LogP contribution in [0.3, 0.4) is 0 Å². The van der Waals surface area contributed by atoms with E-state index in [9.17, 15) is 73.7 Å². The van der Waals surface area contributed by atoms with Crippen LogP contribution >= 0.6 is 0 Å². The van der Waals surface area contributed by atoms with Crippen molar-refractivity contribution in [2.45, 2.75) is 159 Å². The Balaban J connectivity index is 1.79. The minimum absolute atomic E-state index is 0.00621. The Morgan fingerprint density at radius 2 is 1.33 bits per heavy atom. The summed E-state index contributed by atoms with van der Waals surface area (Å²) in [6, 6.07) is -2.88. The van der Waals surface area contributed by atoms with Crippen LogP contribution in [0.4, 0.5) is 0 Å². The van der Waals surface area contributed by atoms with Gasteiger partial charge >= 0.3 is 17.8 Å². The Morgan fingerprint density at radius 1 is 0.765 bits per heavy atom. The quantitative estimate of drug-likeness (QED) is 0.01000. The van der Waals surface area contributed by atoms with Crippen LogP contribution < -0.4 is 69.8 Å². The molecule has 6 unspecified atom stereocenters. The lowest BCUT2D eigenvalue weighted by Crippen LogP contribution is -2.56. The molecule has 0 aliphatic carbocycles. The van der Waals surface area contributed by atoms with Gasteiger partial charge in [0.15, 0.2) is 18.1 Å². The average Bonchev–Trinajstić information content (AvgIpc) is 3.86. The highest BCUT2D eigenvalue weighted by atomic mass is 16.5. The molecule has 0 saturated carbocycles. The van der Waals surface area contributed by atoms with Gasteiger partial charge in [0.2, 0.25) is 41.4 Å². The number of amides is 8. The molecule has 31 nitrogen and oxygen atoms in total. The number of nitrogens with one attached hydrogen (secondary N) is 9. The molecule has 2 aliphatic heterocycles. The predicted molar refractivity (Wildman–Crippen MR) is 289 cm³/mol. The van der Waals surface area contributed by atoms with E-state index in [1.165, 1.54) is 31.2 Å². The van der Waals surface area contributed by atoms with Gasteiger partial charge in [-0.2, -0.15) is 0 Å². The number of carbonyl (C=O) groups excluding carboxylic acids is 8. The van der Waals surface area contributed by atoms with E-state index >= 15 is 0 Å². The number of hydrogen-bond donors (Lipinski definition) is 16. The SMILES string of the molecule is CC(NC(=O)C1CCCN1)C(=O)NC(CCCCN)C(=O)NCCCC[C@H](NC(=O)COc1ccc(C2=[N+]([O-])C(C)(C)C(C)(C)N2O)cc1)C(=O)NC(CCCN=C(N)N)C(=O)NCC(=O)NC(CC(=O)O)C(=O)NC(CO)C(=O)O. The molecular formula is C50H81N15O16. The standard InChI is InChI=1S/C50H81N15O16/c1-28(58-43(74)31-14-10-22-54-31)40(71)61-32(12-6-8-20-51)41(72)55-21-9-7-13-34(59-38(68)27-81-30-18-16-29(17-19-30)46-64(79)49(2,3)50(4,5)65(46)80)44(75)62-33(15-11-23-56-48(52)53)42(73)57-25-37(67)60-35(24-39(69)70)45(76)63-36(26-66)47(77)78/h16-19,28,31-36,54,66,79H,6-15,20-27,51H2,1-5H3,(H,55,72)(H,57,73)(H,58,74)(H,59,68)(H,60,67)(H,61,71)(H,62,75)(H,63,76)(H,69,70)(H,77,78)(H4,52,53,56)/t28?,31?,32?,33?,34-,35?,36?/m0/s1. The number of hydrogen-bond acceptors (Lipinski definition) is 18. The molecule has 0 radical (unpaired) electrons. The molecule has 8 amide bonds. The number of aliphatic hydroxyl groups is 1. The zero-order chi connectivity index (χ0) is 60.6. The zero-order valence-corrected chi connectivity index (χ0v) is 46.3. The number of unbranched alkanes of at least 4 members (excludes halogenated alkanes) is 2. The maximum atomic E-state index is 14.2. The van der Waals surface area contributed by atoms with Crippen LogP contribution in [0.2, 0.25) is 0 Å². The molecule has 0 bridgehead atoms. The normalized spacial score (nSPS) is 17.4. The molecule has 7 atom stereocenters. The summed E-state index contributed by atoms with van der Waals surface area (Å²) in [5.74, 6) is -9.75. The van der Waals surface area contributed by atoms with Crippen LogP contribution in [0.15, 0.2) is 29.3 Å². The Hall–Kier alpha value is -7.90. The van der Waals surface area contributed by atoms with Crippen LogP contribution in [0.25, 0.3) is 0 Å². The second kappa shape index (κ2) is 32.4. The van der Waals surface area contributed by atoms with E-state index in [2.05, 4.69) is 47.5 Å². The highest BCUT2D eigenvalue weighted by Gasteiger charge is 2.59. The first-order valence-corrected chi connectivity index (χ1v) is 26.6. The van der Waals surface area contributed by atoms with Crippen molar-refractivity contribution < 1.29 is 77.9 Å². The van der Waals surface area contributed by atoms with Crippen molar-refractivity contribution in [3.05, 3.63) is 35.0 Å².